The van der Waals surface area contributed by atoms with Gasteiger partial charge in [0.2, 0.25) is 5.91 Å². The van der Waals surface area contributed by atoms with Crippen molar-refractivity contribution in [2.45, 2.75) is 6.18 Å². The Labute approximate surface area is 119 Å². The Morgan fingerprint density at radius 3 is 2.67 bits per heavy atom. The van der Waals surface area contributed by atoms with Crippen LogP contribution in [0.15, 0.2) is 22.3 Å². The van der Waals surface area contributed by atoms with Crippen molar-refractivity contribution in [2.75, 3.05) is 5.75 Å². The van der Waals surface area contributed by atoms with Gasteiger partial charge in [0.25, 0.3) is 0 Å². The van der Waals surface area contributed by atoms with Crippen molar-refractivity contribution in [1.29, 1.82) is 0 Å². The van der Waals surface area contributed by atoms with Crippen LogP contribution in [0.4, 0.5) is 17.6 Å². The number of nitrogens with zero attached hydrogens (tertiary/aromatic N) is 2. The summed E-state index contributed by atoms with van der Waals surface area (Å²) in [5.74, 6) is -2.37. The lowest BCUT2D eigenvalue weighted by atomic mass is 10.1. The number of hydrogen-bond acceptors (Lipinski definition) is 5. The van der Waals surface area contributed by atoms with Gasteiger partial charge in [0, 0.05) is 11.6 Å². The summed E-state index contributed by atoms with van der Waals surface area (Å²) in [6, 6.07) is 0.776. The first-order valence-corrected chi connectivity index (χ1v) is 6.39. The number of amidine groups is 1. The molecule has 0 bridgehead atoms. The molecule has 10 heteroatoms. The molecule has 1 aromatic rings. The fourth-order valence-corrected chi connectivity index (χ4v) is 2.05. The average Bonchev–Trinajstić information content (AvgIpc) is 2.76. The number of hydrogen-bond donors (Lipinski definition) is 2. The number of aromatic hydroxyl groups is 1. The van der Waals surface area contributed by atoms with E-state index in [-0.39, 0.29) is 22.4 Å². The monoisotopic (exact) mass is 321 g/mol. The second-order valence-corrected chi connectivity index (χ2v) is 4.84. The Kier molecular flexibility index (Phi) is 4.16. The fraction of sp³-hybridized carbons (Fsp3) is 0.182. The van der Waals surface area contributed by atoms with Crippen LogP contribution < -0.4 is 5.32 Å². The summed E-state index contributed by atoms with van der Waals surface area (Å²) < 4.78 is 50.7. The van der Waals surface area contributed by atoms with Gasteiger partial charge in [-0.2, -0.15) is 18.3 Å². The number of thioether (sulfide) groups is 1. The molecule has 0 atom stereocenters. The number of alkyl halides is 3. The standard InChI is InChI=1S/C11H7F4N3O2S/c12-7-2-8(19)5(1-6(7)11(13,14)15)3-16-18-10-17-9(20)4-21-10/h1-3,19H,4H2,(H,17,18,20). The highest BCUT2D eigenvalue weighted by Crippen LogP contribution is 2.34. The van der Waals surface area contributed by atoms with Crippen LogP contribution in [0.3, 0.4) is 0 Å². The van der Waals surface area contributed by atoms with Gasteiger partial charge in [0.15, 0.2) is 5.17 Å². The lowest BCUT2D eigenvalue weighted by molar-refractivity contribution is -0.140. The van der Waals surface area contributed by atoms with E-state index in [0.717, 1.165) is 18.0 Å². The van der Waals surface area contributed by atoms with Crippen LogP contribution in [-0.2, 0) is 11.0 Å². The number of phenols is 1. The Morgan fingerprint density at radius 2 is 2.10 bits per heavy atom. The second-order valence-electron chi connectivity index (χ2n) is 3.88. The molecule has 1 heterocycles. The molecular formula is C11H7F4N3O2S. The number of carbonyl (C=O) groups is 1. The van der Waals surface area contributed by atoms with Crippen LogP contribution in [0.2, 0.25) is 0 Å². The van der Waals surface area contributed by atoms with Gasteiger partial charge in [-0.25, -0.2) is 4.39 Å². The Morgan fingerprint density at radius 1 is 1.38 bits per heavy atom. The normalized spacial score (nSPS) is 17.7. The van der Waals surface area contributed by atoms with Crippen LogP contribution in [0.1, 0.15) is 11.1 Å². The highest BCUT2D eigenvalue weighted by molar-refractivity contribution is 8.15. The Hall–Kier alpha value is -2.10. The van der Waals surface area contributed by atoms with Crippen molar-refractivity contribution < 1.29 is 27.5 Å². The number of carbonyl (C=O) groups excluding carboxylic acids is 1. The number of benzene rings is 1. The molecule has 2 N–H and O–H groups in total. The SMILES string of the molecule is O=C1CSC(=NN=Cc2cc(C(F)(F)F)c(F)cc2O)N1. The highest BCUT2D eigenvalue weighted by Gasteiger charge is 2.34. The van der Waals surface area contributed by atoms with Gasteiger partial charge in [-0.05, 0) is 6.07 Å². The minimum atomic E-state index is -4.89. The third-order valence-electron chi connectivity index (χ3n) is 2.35. The summed E-state index contributed by atoms with van der Waals surface area (Å²) in [5, 5.41) is 18.9. The molecular weight excluding hydrogens is 314 g/mol. The molecule has 0 saturated carbocycles. The first-order valence-electron chi connectivity index (χ1n) is 5.41. The van der Waals surface area contributed by atoms with Crippen LogP contribution >= 0.6 is 11.8 Å². The van der Waals surface area contributed by atoms with E-state index in [1.807, 2.05) is 0 Å². The van der Waals surface area contributed by atoms with Gasteiger partial charge in [-0.1, -0.05) is 11.8 Å². The predicted molar refractivity (Wildman–Crippen MR) is 68.7 cm³/mol. The van der Waals surface area contributed by atoms with Crippen LogP contribution in [0, 0.1) is 5.82 Å². The molecule has 21 heavy (non-hydrogen) atoms. The average molecular weight is 321 g/mol. The molecule has 1 aliphatic heterocycles. The van der Waals surface area contributed by atoms with Gasteiger partial charge in [-0.15, -0.1) is 5.10 Å². The molecule has 1 aliphatic rings. The molecule has 112 valence electrons. The maximum absolute atomic E-state index is 13.1. The molecule has 1 aromatic carbocycles. The topological polar surface area (TPSA) is 74.0 Å². The molecule has 5 nitrogen and oxygen atoms in total. The lowest BCUT2D eigenvalue weighted by Crippen LogP contribution is -2.19. The third kappa shape index (κ3) is 3.72. The molecule has 1 saturated heterocycles. The molecule has 1 amide bonds. The Balaban J connectivity index is 2.26. The van der Waals surface area contributed by atoms with E-state index in [0.29, 0.717) is 12.1 Å². The van der Waals surface area contributed by atoms with Gasteiger partial charge in [0.05, 0.1) is 17.5 Å². The van der Waals surface area contributed by atoms with E-state index in [1.165, 1.54) is 0 Å². The van der Waals surface area contributed by atoms with E-state index in [9.17, 15) is 27.5 Å². The van der Waals surface area contributed by atoms with E-state index in [4.69, 9.17) is 0 Å². The summed E-state index contributed by atoms with van der Waals surface area (Å²) in [5.41, 5.74) is -1.86. The smallest absolute Gasteiger partial charge is 0.419 e. The van der Waals surface area contributed by atoms with Crippen molar-refractivity contribution in [1.82, 2.24) is 5.32 Å². The first-order chi connectivity index (χ1) is 9.77. The van der Waals surface area contributed by atoms with Crippen molar-refractivity contribution in [3.05, 3.63) is 29.1 Å². The molecule has 0 radical (unpaired) electrons. The summed E-state index contributed by atoms with van der Waals surface area (Å²) in [6.07, 6.45) is -4.05. The van der Waals surface area contributed by atoms with E-state index < -0.39 is 23.3 Å². The number of halogens is 4. The largest absolute Gasteiger partial charge is 0.507 e. The fourth-order valence-electron chi connectivity index (χ4n) is 1.42. The third-order valence-corrected chi connectivity index (χ3v) is 3.22. The zero-order chi connectivity index (χ0) is 15.6. The lowest BCUT2D eigenvalue weighted by Gasteiger charge is -2.09. The maximum atomic E-state index is 13.1. The number of nitrogens with one attached hydrogen (secondary N) is 1. The summed E-state index contributed by atoms with van der Waals surface area (Å²) in [6.45, 7) is 0. The highest BCUT2D eigenvalue weighted by atomic mass is 32.2. The molecule has 0 unspecified atom stereocenters. The van der Waals surface area contributed by atoms with Gasteiger partial charge >= 0.3 is 6.18 Å². The van der Waals surface area contributed by atoms with E-state index in [2.05, 4.69) is 15.5 Å². The quantitative estimate of drug-likeness (QED) is 0.498. The summed E-state index contributed by atoms with van der Waals surface area (Å²) in [7, 11) is 0. The summed E-state index contributed by atoms with van der Waals surface area (Å²) in [4.78, 5) is 10.9. The molecule has 0 aliphatic carbocycles. The summed E-state index contributed by atoms with van der Waals surface area (Å²) >= 11 is 1.07. The van der Waals surface area contributed by atoms with Crippen LogP contribution in [0.5, 0.6) is 5.75 Å². The maximum Gasteiger partial charge on any atom is 0.419 e. The first kappa shape index (κ1) is 15.3. The van der Waals surface area contributed by atoms with Crippen molar-refractivity contribution in [3.63, 3.8) is 0 Å². The minimum absolute atomic E-state index is 0.175. The minimum Gasteiger partial charge on any atom is -0.507 e. The number of amides is 1. The molecule has 2 rings (SSSR count). The van der Waals surface area contributed by atoms with E-state index in [1.54, 1.807) is 0 Å². The van der Waals surface area contributed by atoms with Crippen LogP contribution in [-0.4, -0.2) is 28.1 Å². The van der Waals surface area contributed by atoms with Crippen molar-refractivity contribution in [2.24, 2.45) is 10.2 Å². The van der Waals surface area contributed by atoms with Crippen molar-refractivity contribution in [3.8, 4) is 5.75 Å². The number of rotatable bonds is 2. The molecule has 1 fully saturated rings. The van der Waals surface area contributed by atoms with Gasteiger partial charge in [0.1, 0.15) is 11.6 Å². The predicted octanol–water partition coefficient (Wildman–Crippen LogP) is 2.10. The van der Waals surface area contributed by atoms with Crippen molar-refractivity contribution >= 4 is 29.1 Å². The zero-order valence-corrected chi connectivity index (χ0v) is 10.9. The van der Waals surface area contributed by atoms with Gasteiger partial charge in [-0.3, -0.25) is 4.79 Å². The number of phenolic OH excluding ortho intramolecular Hbond substituents is 1. The van der Waals surface area contributed by atoms with Crippen LogP contribution in [0.25, 0.3) is 0 Å². The second kappa shape index (κ2) is 5.72. The Bertz CT molecular complexity index is 643. The molecule has 0 aromatic heterocycles. The van der Waals surface area contributed by atoms with E-state index >= 15 is 0 Å². The molecule has 0 spiro atoms. The van der Waals surface area contributed by atoms with Gasteiger partial charge < -0.3 is 10.4 Å². The zero-order valence-electron chi connectivity index (χ0n) is 10.1.